The Balaban J connectivity index is 2.53. The van der Waals surface area contributed by atoms with Crippen molar-refractivity contribution in [2.45, 2.75) is 53.0 Å². The molecule has 1 amide bonds. The van der Waals surface area contributed by atoms with Crippen molar-refractivity contribution in [2.24, 2.45) is 5.92 Å². The van der Waals surface area contributed by atoms with E-state index in [2.05, 4.69) is 36.4 Å². The largest absolute Gasteiger partial charge is 0.383 e. The van der Waals surface area contributed by atoms with E-state index in [0.717, 1.165) is 31.0 Å². The first kappa shape index (κ1) is 16.5. The molecule has 0 aliphatic carbocycles. The summed E-state index contributed by atoms with van der Waals surface area (Å²) in [6.07, 6.45) is 6.72. The van der Waals surface area contributed by atoms with Crippen LogP contribution >= 0.6 is 0 Å². The zero-order chi connectivity index (χ0) is 15.0. The number of hydrogen-bond acceptors (Lipinski definition) is 3. The third kappa shape index (κ3) is 5.59. The van der Waals surface area contributed by atoms with Gasteiger partial charge < -0.3 is 10.6 Å². The number of pyridine rings is 1. The van der Waals surface area contributed by atoms with Crippen molar-refractivity contribution in [2.75, 3.05) is 11.9 Å². The smallest absolute Gasteiger partial charge is 0.253 e. The fourth-order valence-electron chi connectivity index (χ4n) is 2.13. The molecule has 0 bridgehead atoms. The maximum atomic E-state index is 12.3. The summed E-state index contributed by atoms with van der Waals surface area (Å²) in [5, 5.41) is 6.23. The van der Waals surface area contributed by atoms with E-state index in [1.807, 2.05) is 6.92 Å². The van der Waals surface area contributed by atoms with Crippen LogP contribution in [0.15, 0.2) is 18.5 Å². The van der Waals surface area contributed by atoms with Crippen LogP contribution in [0.4, 0.5) is 5.69 Å². The lowest BCUT2D eigenvalue weighted by atomic mass is 10.0. The maximum absolute atomic E-state index is 12.3. The lowest BCUT2D eigenvalue weighted by Crippen LogP contribution is -2.33. The Kier molecular flexibility index (Phi) is 7.05. The van der Waals surface area contributed by atoms with E-state index >= 15 is 0 Å². The van der Waals surface area contributed by atoms with Gasteiger partial charge in [0, 0.05) is 18.8 Å². The quantitative estimate of drug-likeness (QED) is 0.765. The van der Waals surface area contributed by atoms with Gasteiger partial charge in [0.25, 0.3) is 5.91 Å². The van der Waals surface area contributed by atoms with Gasteiger partial charge in [-0.15, -0.1) is 0 Å². The highest BCUT2D eigenvalue weighted by atomic mass is 16.1. The topological polar surface area (TPSA) is 54.0 Å². The number of aromatic nitrogens is 1. The second-order valence-electron chi connectivity index (χ2n) is 5.65. The Hall–Kier alpha value is -1.58. The molecule has 1 heterocycles. The standard InChI is InChI=1S/C16H27N3O/c1-5-18-15-11-17-10-9-14(15)16(20)19-13(4)8-6-7-12(2)3/h9-13,18H,5-8H2,1-4H3,(H,19,20). The molecule has 0 spiro atoms. The summed E-state index contributed by atoms with van der Waals surface area (Å²) in [5.74, 6) is 0.693. The van der Waals surface area contributed by atoms with E-state index in [1.165, 1.54) is 6.42 Å². The molecule has 4 nitrogen and oxygen atoms in total. The molecule has 1 aromatic rings. The Morgan fingerprint density at radius 3 is 2.70 bits per heavy atom. The van der Waals surface area contributed by atoms with E-state index in [4.69, 9.17) is 0 Å². The summed E-state index contributed by atoms with van der Waals surface area (Å²) in [4.78, 5) is 16.3. The fourth-order valence-corrected chi connectivity index (χ4v) is 2.13. The minimum absolute atomic E-state index is 0.0274. The van der Waals surface area contributed by atoms with Crippen molar-refractivity contribution >= 4 is 11.6 Å². The van der Waals surface area contributed by atoms with Gasteiger partial charge in [0.15, 0.2) is 0 Å². The summed E-state index contributed by atoms with van der Waals surface area (Å²) in [7, 11) is 0. The minimum Gasteiger partial charge on any atom is -0.383 e. The van der Waals surface area contributed by atoms with Crippen molar-refractivity contribution in [1.29, 1.82) is 0 Å². The summed E-state index contributed by atoms with van der Waals surface area (Å²) in [5.41, 5.74) is 1.46. The predicted molar refractivity (Wildman–Crippen MR) is 84.0 cm³/mol. The van der Waals surface area contributed by atoms with Crippen molar-refractivity contribution in [3.8, 4) is 0 Å². The van der Waals surface area contributed by atoms with Gasteiger partial charge >= 0.3 is 0 Å². The number of nitrogens with one attached hydrogen (secondary N) is 2. The Labute approximate surface area is 122 Å². The minimum atomic E-state index is -0.0274. The van der Waals surface area contributed by atoms with Gasteiger partial charge in [0.1, 0.15) is 0 Å². The van der Waals surface area contributed by atoms with Crippen LogP contribution in [-0.4, -0.2) is 23.5 Å². The lowest BCUT2D eigenvalue weighted by molar-refractivity contribution is 0.0938. The van der Waals surface area contributed by atoms with Gasteiger partial charge in [-0.05, 0) is 32.3 Å². The number of nitrogens with zero attached hydrogens (tertiary/aromatic N) is 1. The normalized spacial score (nSPS) is 12.2. The first-order valence-electron chi connectivity index (χ1n) is 7.53. The van der Waals surface area contributed by atoms with Gasteiger partial charge in [-0.3, -0.25) is 9.78 Å². The van der Waals surface area contributed by atoms with E-state index < -0.39 is 0 Å². The molecule has 1 unspecified atom stereocenters. The van der Waals surface area contributed by atoms with Crippen molar-refractivity contribution in [3.63, 3.8) is 0 Å². The molecule has 0 radical (unpaired) electrons. The van der Waals surface area contributed by atoms with Crippen LogP contribution in [0, 0.1) is 5.92 Å². The molecule has 0 aromatic carbocycles. The first-order valence-corrected chi connectivity index (χ1v) is 7.53. The second-order valence-corrected chi connectivity index (χ2v) is 5.65. The van der Waals surface area contributed by atoms with Gasteiger partial charge in [0.2, 0.25) is 0 Å². The summed E-state index contributed by atoms with van der Waals surface area (Å²) >= 11 is 0. The fraction of sp³-hybridized carbons (Fsp3) is 0.625. The number of rotatable bonds is 8. The van der Waals surface area contributed by atoms with Gasteiger partial charge in [-0.25, -0.2) is 0 Å². The zero-order valence-electron chi connectivity index (χ0n) is 13.1. The molecular weight excluding hydrogens is 250 g/mol. The lowest BCUT2D eigenvalue weighted by Gasteiger charge is -2.16. The predicted octanol–water partition coefficient (Wildman–Crippen LogP) is 3.46. The highest BCUT2D eigenvalue weighted by Gasteiger charge is 2.13. The highest BCUT2D eigenvalue weighted by Crippen LogP contribution is 2.14. The van der Waals surface area contributed by atoms with Crippen molar-refractivity contribution < 1.29 is 4.79 Å². The Morgan fingerprint density at radius 1 is 1.30 bits per heavy atom. The number of anilines is 1. The van der Waals surface area contributed by atoms with Crippen LogP contribution in [0.3, 0.4) is 0 Å². The monoisotopic (exact) mass is 277 g/mol. The van der Waals surface area contributed by atoms with Crippen molar-refractivity contribution in [1.82, 2.24) is 10.3 Å². The third-order valence-electron chi connectivity index (χ3n) is 3.23. The molecule has 0 fully saturated rings. The molecule has 4 heteroatoms. The number of hydrogen-bond donors (Lipinski definition) is 2. The zero-order valence-corrected chi connectivity index (χ0v) is 13.1. The van der Waals surface area contributed by atoms with Crippen LogP contribution < -0.4 is 10.6 Å². The number of amides is 1. The molecule has 0 saturated heterocycles. The average molecular weight is 277 g/mol. The SMILES string of the molecule is CCNc1cnccc1C(=O)NC(C)CCCC(C)C. The van der Waals surface area contributed by atoms with Crippen LogP contribution in [0.25, 0.3) is 0 Å². The molecule has 112 valence electrons. The molecule has 1 atom stereocenters. The van der Waals surface area contributed by atoms with E-state index in [1.54, 1.807) is 18.5 Å². The first-order chi connectivity index (χ1) is 9.54. The van der Waals surface area contributed by atoms with Crippen LogP contribution in [0.5, 0.6) is 0 Å². The van der Waals surface area contributed by atoms with Gasteiger partial charge in [0.05, 0.1) is 17.4 Å². The molecular formula is C16H27N3O. The Morgan fingerprint density at radius 2 is 2.05 bits per heavy atom. The molecule has 20 heavy (non-hydrogen) atoms. The highest BCUT2D eigenvalue weighted by molar-refractivity contribution is 5.99. The average Bonchev–Trinajstić information content (AvgIpc) is 2.39. The number of carbonyl (C=O) groups excluding carboxylic acids is 1. The van der Waals surface area contributed by atoms with Crippen LogP contribution in [-0.2, 0) is 0 Å². The maximum Gasteiger partial charge on any atom is 0.253 e. The molecule has 1 rings (SSSR count). The summed E-state index contributed by atoms with van der Waals surface area (Å²) < 4.78 is 0. The van der Waals surface area contributed by atoms with Gasteiger partial charge in [-0.2, -0.15) is 0 Å². The third-order valence-corrected chi connectivity index (χ3v) is 3.23. The van der Waals surface area contributed by atoms with E-state index in [-0.39, 0.29) is 11.9 Å². The van der Waals surface area contributed by atoms with Gasteiger partial charge in [-0.1, -0.05) is 26.7 Å². The Bertz CT molecular complexity index is 418. The second kappa shape index (κ2) is 8.56. The summed E-state index contributed by atoms with van der Waals surface area (Å²) in [6, 6.07) is 1.96. The molecule has 2 N–H and O–H groups in total. The molecule has 0 saturated carbocycles. The summed E-state index contributed by atoms with van der Waals surface area (Å²) in [6.45, 7) is 9.29. The van der Waals surface area contributed by atoms with Crippen LogP contribution in [0.1, 0.15) is 57.3 Å². The van der Waals surface area contributed by atoms with E-state index in [0.29, 0.717) is 5.56 Å². The molecule has 0 aliphatic heterocycles. The van der Waals surface area contributed by atoms with Crippen LogP contribution in [0.2, 0.25) is 0 Å². The van der Waals surface area contributed by atoms with Crippen molar-refractivity contribution in [3.05, 3.63) is 24.0 Å². The van der Waals surface area contributed by atoms with E-state index in [9.17, 15) is 4.79 Å². The number of carbonyl (C=O) groups is 1. The molecule has 0 aliphatic rings. The molecule has 1 aromatic heterocycles.